The van der Waals surface area contributed by atoms with Crippen molar-refractivity contribution in [3.63, 3.8) is 0 Å². The van der Waals surface area contributed by atoms with Gasteiger partial charge in [-0.3, -0.25) is 0 Å². The molecule has 0 amide bonds. The molecule has 0 aromatic rings. The summed E-state index contributed by atoms with van der Waals surface area (Å²) in [5.41, 5.74) is -4.19. The molecule has 0 aromatic heterocycles. The summed E-state index contributed by atoms with van der Waals surface area (Å²) in [4.78, 5) is 0. The van der Waals surface area contributed by atoms with E-state index in [-0.39, 0.29) is 0 Å². The van der Waals surface area contributed by atoms with Gasteiger partial charge in [0.25, 0.3) is 5.60 Å². The first-order valence-corrected chi connectivity index (χ1v) is 3.15. The highest BCUT2D eigenvalue weighted by Gasteiger charge is 2.66. The molecule has 0 saturated carbocycles. The number of hydrogen-bond acceptors (Lipinski definition) is 1. The maximum atomic E-state index is 12.1. The summed E-state index contributed by atoms with van der Waals surface area (Å²) in [7, 11) is 0. The van der Waals surface area contributed by atoms with Gasteiger partial charge >= 0.3 is 10.8 Å². The SMILES string of the molecule is C#CC(O)(C(F)(F)Cl)C(F)(F)Cl. The fourth-order valence-corrected chi connectivity index (χ4v) is 0.719. The van der Waals surface area contributed by atoms with Crippen LogP contribution < -0.4 is 0 Å². The van der Waals surface area contributed by atoms with Crippen molar-refractivity contribution in [3.05, 3.63) is 0 Å². The Morgan fingerprint density at radius 3 is 1.33 bits per heavy atom. The van der Waals surface area contributed by atoms with Crippen LogP contribution >= 0.6 is 23.2 Å². The van der Waals surface area contributed by atoms with Crippen LogP contribution in [0.5, 0.6) is 0 Å². The van der Waals surface area contributed by atoms with Crippen molar-refractivity contribution in [1.82, 2.24) is 0 Å². The lowest BCUT2D eigenvalue weighted by atomic mass is 10.1. The van der Waals surface area contributed by atoms with E-state index in [0.717, 1.165) is 5.92 Å². The van der Waals surface area contributed by atoms with Gasteiger partial charge in [-0.2, -0.15) is 17.6 Å². The van der Waals surface area contributed by atoms with Gasteiger partial charge in [-0.05, 0) is 23.2 Å². The zero-order valence-electron chi connectivity index (χ0n) is 5.29. The monoisotopic (exact) mass is 224 g/mol. The van der Waals surface area contributed by atoms with E-state index in [1.54, 1.807) is 0 Å². The average Bonchev–Trinajstić information content (AvgIpc) is 1.81. The van der Waals surface area contributed by atoms with Gasteiger partial charge in [0.1, 0.15) is 0 Å². The molecule has 0 heterocycles. The van der Waals surface area contributed by atoms with E-state index >= 15 is 0 Å². The lowest BCUT2D eigenvalue weighted by Gasteiger charge is -2.29. The summed E-state index contributed by atoms with van der Waals surface area (Å²) in [6.45, 7) is 0. The number of alkyl halides is 6. The van der Waals surface area contributed by atoms with Gasteiger partial charge in [0.05, 0.1) is 0 Å². The minimum Gasteiger partial charge on any atom is -0.365 e. The fourth-order valence-electron chi connectivity index (χ4n) is 0.324. The third-order valence-electron chi connectivity index (χ3n) is 1.03. The molecule has 1 N–H and O–H groups in total. The maximum Gasteiger partial charge on any atom is 0.368 e. The van der Waals surface area contributed by atoms with Gasteiger partial charge in [0.2, 0.25) is 0 Å². The largest absolute Gasteiger partial charge is 0.368 e. The number of terminal acetylenes is 1. The molecule has 0 unspecified atom stereocenters. The Labute approximate surface area is 75.3 Å². The van der Waals surface area contributed by atoms with Gasteiger partial charge in [0, 0.05) is 0 Å². The van der Waals surface area contributed by atoms with E-state index in [1.165, 1.54) is 0 Å². The second-order valence-corrected chi connectivity index (χ2v) is 2.80. The molecule has 0 bridgehead atoms. The van der Waals surface area contributed by atoms with Crippen LogP contribution in [-0.2, 0) is 0 Å². The van der Waals surface area contributed by atoms with Crippen LogP contribution in [0.3, 0.4) is 0 Å². The molecule has 0 radical (unpaired) electrons. The second kappa shape index (κ2) is 2.95. The highest BCUT2D eigenvalue weighted by atomic mass is 35.5. The Balaban J connectivity index is 5.14. The highest BCUT2D eigenvalue weighted by molar-refractivity contribution is 6.26. The summed E-state index contributed by atoms with van der Waals surface area (Å²) in [6, 6.07) is 0. The van der Waals surface area contributed by atoms with E-state index in [1.807, 2.05) is 0 Å². The van der Waals surface area contributed by atoms with Crippen LogP contribution in [-0.4, -0.2) is 21.5 Å². The standard InChI is InChI=1S/C5H2Cl2F4O/c1-2-3(12,4(6,8)9)5(7,10)11/h1,12H. The molecule has 0 atom stereocenters. The molecule has 7 heteroatoms. The van der Waals surface area contributed by atoms with Crippen molar-refractivity contribution in [2.75, 3.05) is 0 Å². The molecule has 12 heavy (non-hydrogen) atoms. The van der Waals surface area contributed by atoms with E-state index in [4.69, 9.17) is 5.11 Å². The van der Waals surface area contributed by atoms with Gasteiger partial charge in [0.15, 0.2) is 0 Å². The third-order valence-corrected chi connectivity index (χ3v) is 1.58. The van der Waals surface area contributed by atoms with E-state index < -0.39 is 16.4 Å². The van der Waals surface area contributed by atoms with Crippen LogP contribution in [0.4, 0.5) is 17.6 Å². The smallest absolute Gasteiger partial charge is 0.365 e. The van der Waals surface area contributed by atoms with Crippen LogP contribution in [0.1, 0.15) is 0 Å². The number of aliphatic hydroxyl groups is 1. The number of halogens is 6. The van der Waals surface area contributed by atoms with E-state index in [9.17, 15) is 17.6 Å². The van der Waals surface area contributed by atoms with Gasteiger partial charge in [-0.1, -0.05) is 5.92 Å². The molecule has 0 aliphatic rings. The maximum absolute atomic E-state index is 12.1. The molecule has 0 rings (SSSR count). The minimum absolute atomic E-state index is 0.750. The van der Waals surface area contributed by atoms with Crippen LogP contribution in [0.25, 0.3) is 0 Å². The first-order chi connectivity index (χ1) is 5.06. The van der Waals surface area contributed by atoms with E-state index in [2.05, 4.69) is 29.6 Å². The molecule has 1 nitrogen and oxygen atoms in total. The Morgan fingerprint density at radius 2 is 1.33 bits per heavy atom. The summed E-state index contributed by atoms with van der Waals surface area (Å²) in [5, 5.41) is -0.910. The predicted octanol–water partition coefficient (Wildman–Crippen LogP) is 2.01. The Bertz CT molecular complexity index is 197. The van der Waals surface area contributed by atoms with Crippen molar-refractivity contribution in [2.45, 2.75) is 16.4 Å². The molecule has 70 valence electrons. The molecule has 0 aliphatic heterocycles. The molecule has 0 spiro atoms. The molecule has 0 aliphatic carbocycles. The Morgan fingerprint density at radius 1 is 1.08 bits per heavy atom. The Hall–Kier alpha value is -0.180. The quantitative estimate of drug-likeness (QED) is 0.433. The van der Waals surface area contributed by atoms with Crippen LogP contribution in [0.15, 0.2) is 0 Å². The van der Waals surface area contributed by atoms with Crippen molar-refractivity contribution in [3.8, 4) is 12.3 Å². The predicted molar refractivity (Wildman–Crippen MR) is 35.4 cm³/mol. The minimum atomic E-state index is -4.70. The molecular formula is C5H2Cl2F4O. The first-order valence-electron chi connectivity index (χ1n) is 2.40. The van der Waals surface area contributed by atoms with Crippen molar-refractivity contribution in [1.29, 1.82) is 0 Å². The average molecular weight is 225 g/mol. The highest BCUT2D eigenvalue weighted by Crippen LogP contribution is 2.45. The van der Waals surface area contributed by atoms with Crippen LogP contribution in [0.2, 0.25) is 0 Å². The van der Waals surface area contributed by atoms with Crippen molar-refractivity contribution >= 4 is 23.2 Å². The topological polar surface area (TPSA) is 20.2 Å². The lowest BCUT2D eigenvalue weighted by molar-refractivity contribution is -0.181. The number of rotatable bonds is 2. The molecule has 0 saturated heterocycles. The summed E-state index contributed by atoms with van der Waals surface area (Å²) >= 11 is 8.27. The third kappa shape index (κ3) is 1.76. The molecule has 0 fully saturated rings. The summed E-state index contributed by atoms with van der Waals surface area (Å²) < 4.78 is 48.3. The van der Waals surface area contributed by atoms with Crippen molar-refractivity contribution < 1.29 is 22.7 Å². The zero-order chi connectivity index (χ0) is 10.2. The zero-order valence-corrected chi connectivity index (χ0v) is 6.80. The van der Waals surface area contributed by atoms with Gasteiger partial charge < -0.3 is 5.11 Å². The molecular weight excluding hydrogens is 223 g/mol. The van der Waals surface area contributed by atoms with E-state index in [0.29, 0.717) is 0 Å². The Kier molecular flexibility index (Phi) is 2.90. The van der Waals surface area contributed by atoms with Gasteiger partial charge in [-0.15, -0.1) is 6.42 Å². The first kappa shape index (κ1) is 11.8. The molecule has 0 aromatic carbocycles. The summed E-state index contributed by atoms with van der Waals surface area (Å²) in [5.74, 6) is 0.750. The lowest BCUT2D eigenvalue weighted by Crippen LogP contribution is -2.54. The fraction of sp³-hybridized carbons (Fsp3) is 0.600. The number of hydrogen-bond donors (Lipinski definition) is 1. The van der Waals surface area contributed by atoms with Gasteiger partial charge in [-0.25, -0.2) is 0 Å². The van der Waals surface area contributed by atoms with Crippen LogP contribution in [0, 0.1) is 12.3 Å². The summed E-state index contributed by atoms with van der Waals surface area (Å²) in [6.07, 6.45) is 4.25. The normalized spacial score (nSPS) is 14.2. The second-order valence-electron chi connectivity index (χ2n) is 1.85. The van der Waals surface area contributed by atoms with Crippen molar-refractivity contribution in [2.24, 2.45) is 0 Å².